The number of esters is 1. The molecule has 1 aromatic rings. The normalized spacial score (nSPS) is 15.2. The second-order valence-electron chi connectivity index (χ2n) is 7.10. The molecular formula is C21H34O3. The van der Waals surface area contributed by atoms with E-state index in [9.17, 15) is 4.79 Å². The van der Waals surface area contributed by atoms with E-state index in [1.807, 2.05) is 58.9 Å². The lowest BCUT2D eigenvalue weighted by atomic mass is 9.92. The van der Waals surface area contributed by atoms with Gasteiger partial charge < -0.3 is 9.47 Å². The van der Waals surface area contributed by atoms with Crippen molar-refractivity contribution in [1.29, 1.82) is 0 Å². The number of carbonyl (C=O) groups excluding carboxylic acids is 1. The molecule has 0 saturated heterocycles. The maximum absolute atomic E-state index is 12.3. The molecule has 0 aliphatic rings. The zero-order chi connectivity index (χ0) is 18.3. The Morgan fingerprint density at radius 2 is 1.62 bits per heavy atom. The number of aryl methyl sites for hydroxylation is 1. The zero-order valence-electron chi connectivity index (χ0n) is 16.3. The number of rotatable bonds is 9. The number of carbonyl (C=O) groups is 1. The van der Waals surface area contributed by atoms with Gasteiger partial charge in [0.2, 0.25) is 0 Å². The molecule has 0 unspecified atom stereocenters. The van der Waals surface area contributed by atoms with Crippen molar-refractivity contribution in [2.45, 2.75) is 73.5 Å². The van der Waals surface area contributed by atoms with Crippen molar-refractivity contribution in [2.75, 3.05) is 0 Å². The van der Waals surface area contributed by atoms with Crippen molar-refractivity contribution in [3.8, 4) is 5.75 Å². The molecule has 0 amide bonds. The summed E-state index contributed by atoms with van der Waals surface area (Å²) in [5, 5.41) is 0. The van der Waals surface area contributed by atoms with Gasteiger partial charge in [-0.3, -0.25) is 4.79 Å². The minimum absolute atomic E-state index is 0.103. The van der Waals surface area contributed by atoms with E-state index in [-0.39, 0.29) is 30.0 Å². The Hall–Kier alpha value is -1.51. The van der Waals surface area contributed by atoms with Gasteiger partial charge in [0.25, 0.3) is 0 Å². The molecule has 0 saturated carbocycles. The van der Waals surface area contributed by atoms with E-state index in [4.69, 9.17) is 9.47 Å². The second-order valence-corrected chi connectivity index (χ2v) is 7.10. The second kappa shape index (κ2) is 9.71. The molecule has 0 N–H and O–H groups in total. The molecule has 0 aromatic heterocycles. The monoisotopic (exact) mass is 334 g/mol. The first-order chi connectivity index (χ1) is 11.3. The highest BCUT2D eigenvalue weighted by Crippen LogP contribution is 2.27. The van der Waals surface area contributed by atoms with Crippen LogP contribution in [-0.4, -0.2) is 18.2 Å². The van der Waals surface area contributed by atoms with Crippen molar-refractivity contribution in [3.63, 3.8) is 0 Å². The molecule has 0 aliphatic carbocycles. The first-order valence-electron chi connectivity index (χ1n) is 9.24. The van der Waals surface area contributed by atoms with Gasteiger partial charge in [0.15, 0.2) is 0 Å². The highest BCUT2D eigenvalue weighted by atomic mass is 16.6. The summed E-state index contributed by atoms with van der Waals surface area (Å²) in [4.78, 5) is 12.3. The summed E-state index contributed by atoms with van der Waals surface area (Å²) in [6.45, 7) is 14.3. The lowest BCUT2D eigenvalue weighted by Gasteiger charge is -2.32. The molecule has 0 bridgehead atoms. The third-order valence-electron chi connectivity index (χ3n) is 5.01. The molecule has 3 nitrogen and oxygen atoms in total. The van der Waals surface area contributed by atoms with Crippen LogP contribution in [0.2, 0.25) is 0 Å². The fraction of sp³-hybridized carbons (Fsp3) is 0.667. The number of benzene rings is 1. The summed E-state index contributed by atoms with van der Waals surface area (Å²) in [7, 11) is 0. The van der Waals surface area contributed by atoms with Crippen LogP contribution in [0.25, 0.3) is 0 Å². The maximum atomic E-state index is 12.3. The van der Waals surface area contributed by atoms with Gasteiger partial charge in [-0.1, -0.05) is 52.8 Å². The summed E-state index contributed by atoms with van der Waals surface area (Å²) in [5.41, 5.74) is 1.10. The molecule has 0 spiro atoms. The Morgan fingerprint density at radius 1 is 1.04 bits per heavy atom. The van der Waals surface area contributed by atoms with E-state index in [0.717, 1.165) is 24.2 Å². The Labute approximate surface area is 147 Å². The van der Waals surface area contributed by atoms with E-state index < -0.39 is 0 Å². The van der Waals surface area contributed by atoms with Gasteiger partial charge in [-0.05, 0) is 50.2 Å². The molecule has 0 fully saturated rings. The molecule has 0 aliphatic heterocycles. The molecule has 136 valence electrons. The Morgan fingerprint density at radius 3 is 2.12 bits per heavy atom. The molecule has 3 heteroatoms. The van der Waals surface area contributed by atoms with Gasteiger partial charge in [-0.15, -0.1) is 0 Å². The van der Waals surface area contributed by atoms with Crippen molar-refractivity contribution in [1.82, 2.24) is 0 Å². The molecule has 24 heavy (non-hydrogen) atoms. The molecule has 1 aromatic carbocycles. The fourth-order valence-electron chi connectivity index (χ4n) is 2.79. The third kappa shape index (κ3) is 5.54. The van der Waals surface area contributed by atoms with Crippen LogP contribution in [0.5, 0.6) is 5.75 Å². The van der Waals surface area contributed by atoms with Crippen molar-refractivity contribution in [2.24, 2.45) is 17.8 Å². The third-order valence-corrected chi connectivity index (χ3v) is 5.01. The van der Waals surface area contributed by atoms with E-state index in [1.54, 1.807) is 0 Å². The van der Waals surface area contributed by atoms with Gasteiger partial charge in [0, 0.05) is 0 Å². The average molecular weight is 335 g/mol. The predicted molar refractivity (Wildman–Crippen MR) is 99.2 cm³/mol. The predicted octanol–water partition coefficient (Wildman–Crippen LogP) is 5.40. The Kier molecular flexibility index (Phi) is 8.30. The average Bonchev–Trinajstić information content (AvgIpc) is 2.55. The SMILES string of the molecule is CCC(CC)[C@@H](Oc1ccccc1C)[C@H](C)OC(=O)[C@@H](C)C(C)C. The first kappa shape index (κ1) is 20.5. The van der Waals surface area contributed by atoms with E-state index in [1.165, 1.54) is 0 Å². The van der Waals surface area contributed by atoms with Crippen LogP contribution in [0.15, 0.2) is 24.3 Å². The van der Waals surface area contributed by atoms with Gasteiger partial charge >= 0.3 is 5.97 Å². The fourth-order valence-corrected chi connectivity index (χ4v) is 2.79. The van der Waals surface area contributed by atoms with Gasteiger partial charge in [-0.2, -0.15) is 0 Å². The molecule has 1 rings (SSSR count). The van der Waals surface area contributed by atoms with E-state index >= 15 is 0 Å². The summed E-state index contributed by atoms with van der Waals surface area (Å²) >= 11 is 0. The highest BCUT2D eigenvalue weighted by Gasteiger charge is 2.31. The zero-order valence-corrected chi connectivity index (χ0v) is 16.3. The van der Waals surface area contributed by atoms with Gasteiger partial charge in [-0.25, -0.2) is 0 Å². The molecule has 0 heterocycles. The number of para-hydroxylation sites is 1. The van der Waals surface area contributed by atoms with Crippen LogP contribution in [0.4, 0.5) is 0 Å². The van der Waals surface area contributed by atoms with Gasteiger partial charge in [0.1, 0.15) is 18.0 Å². The van der Waals surface area contributed by atoms with Crippen molar-refractivity contribution >= 4 is 5.97 Å². The van der Waals surface area contributed by atoms with Crippen LogP contribution >= 0.6 is 0 Å². The molecule has 0 radical (unpaired) electrons. The first-order valence-corrected chi connectivity index (χ1v) is 9.24. The summed E-state index contributed by atoms with van der Waals surface area (Å²) < 4.78 is 12.1. The Bertz CT molecular complexity index is 506. The lowest BCUT2D eigenvalue weighted by Crippen LogP contribution is -2.40. The lowest BCUT2D eigenvalue weighted by molar-refractivity contribution is -0.160. The number of hydrogen-bond acceptors (Lipinski definition) is 3. The van der Waals surface area contributed by atoms with Crippen molar-refractivity contribution < 1.29 is 14.3 Å². The van der Waals surface area contributed by atoms with Crippen LogP contribution in [0.3, 0.4) is 0 Å². The summed E-state index contributed by atoms with van der Waals surface area (Å²) in [6, 6.07) is 8.00. The minimum Gasteiger partial charge on any atom is -0.486 e. The smallest absolute Gasteiger partial charge is 0.309 e. The summed E-state index contributed by atoms with van der Waals surface area (Å²) in [6.07, 6.45) is 1.58. The highest BCUT2D eigenvalue weighted by molar-refractivity contribution is 5.72. The van der Waals surface area contributed by atoms with Gasteiger partial charge in [0.05, 0.1) is 5.92 Å². The topological polar surface area (TPSA) is 35.5 Å². The quantitative estimate of drug-likeness (QED) is 0.567. The standard InChI is InChI=1S/C21H34O3/c1-8-18(9-2)20(24-19-13-11-10-12-15(19)5)17(7)23-21(22)16(6)14(3)4/h10-14,16-18,20H,8-9H2,1-7H3/t16-,17-,20-/m0/s1. The number of ether oxygens (including phenoxy) is 2. The Balaban J connectivity index is 2.93. The van der Waals surface area contributed by atoms with Crippen LogP contribution in [-0.2, 0) is 9.53 Å². The number of hydrogen-bond donors (Lipinski definition) is 0. The van der Waals surface area contributed by atoms with Crippen molar-refractivity contribution in [3.05, 3.63) is 29.8 Å². The summed E-state index contributed by atoms with van der Waals surface area (Å²) in [5.74, 6) is 1.25. The minimum atomic E-state index is -0.275. The van der Waals surface area contributed by atoms with Crippen LogP contribution in [0.1, 0.15) is 59.9 Å². The van der Waals surface area contributed by atoms with E-state index in [0.29, 0.717) is 5.92 Å². The molecule has 3 atom stereocenters. The van der Waals surface area contributed by atoms with E-state index in [2.05, 4.69) is 13.8 Å². The van der Waals surface area contributed by atoms with Crippen LogP contribution in [0, 0.1) is 24.7 Å². The van der Waals surface area contributed by atoms with Crippen LogP contribution < -0.4 is 4.74 Å². The molecular weight excluding hydrogens is 300 g/mol. The largest absolute Gasteiger partial charge is 0.486 e. The maximum Gasteiger partial charge on any atom is 0.309 e.